The smallest absolute Gasteiger partial charge is 0.241 e. The Morgan fingerprint density at radius 3 is 2.47 bits per heavy atom. The highest BCUT2D eigenvalue weighted by atomic mass is 32.2. The van der Waals surface area contributed by atoms with Crippen LogP contribution in [0.2, 0.25) is 0 Å². The maximum absolute atomic E-state index is 12.2. The van der Waals surface area contributed by atoms with Crippen molar-refractivity contribution in [1.82, 2.24) is 0 Å². The molecule has 0 aliphatic rings. The van der Waals surface area contributed by atoms with Gasteiger partial charge in [0.05, 0.1) is 6.07 Å². The van der Waals surface area contributed by atoms with Gasteiger partial charge in [-0.15, -0.1) is 0 Å². The van der Waals surface area contributed by atoms with Crippen LogP contribution in [-0.2, 0) is 11.1 Å². The number of nitrogens with zero attached hydrogens (tertiary/aromatic N) is 1. The summed E-state index contributed by atoms with van der Waals surface area (Å²) >= 11 is -2.78. The third-order valence-electron chi connectivity index (χ3n) is 2.19. The number of hydrogen-bond donors (Lipinski definition) is 0. The molecule has 2 atom stereocenters. The van der Waals surface area contributed by atoms with Crippen molar-refractivity contribution >= 4 is 11.1 Å². The van der Waals surface area contributed by atoms with E-state index in [0.29, 0.717) is 6.42 Å². The molecule has 0 aliphatic heterocycles. The van der Waals surface area contributed by atoms with E-state index < -0.39 is 28.7 Å². The average Bonchev–Trinajstić information content (AvgIpc) is 2.15. The van der Waals surface area contributed by atoms with E-state index in [4.69, 9.17) is 5.26 Å². The van der Waals surface area contributed by atoms with Crippen LogP contribution in [0, 0.1) is 11.3 Å². The van der Waals surface area contributed by atoms with Crippen LogP contribution in [0.1, 0.15) is 39.0 Å². The molecule has 0 bridgehead atoms. The predicted molar refractivity (Wildman–Crippen MR) is 52.0 cm³/mol. The van der Waals surface area contributed by atoms with Gasteiger partial charge in [0.25, 0.3) is 0 Å². The fraction of sp³-hybridized carbons (Fsp3) is 0.889. The van der Waals surface area contributed by atoms with Crippen LogP contribution in [-0.4, -0.2) is 19.9 Å². The SMILES string of the molecule is CCCCCC(C#N)(CC(F)F)S(=O)[O-]. The number of rotatable bonds is 7. The first kappa shape index (κ1) is 14.5. The second kappa shape index (κ2) is 6.85. The number of hydrogen-bond acceptors (Lipinski definition) is 3. The summed E-state index contributed by atoms with van der Waals surface area (Å²) in [6.07, 6.45) is -1.62. The fourth-order valence-electron chi connectivity index (χ4n) is 1.30. The minimum absolute atomic E-state index is 0.0161. The van der Waals surface area contributed by atoms with Crippen LogP contribution >= 0.6 is 0 Å². The summed E-state index contributed by atoms with van der Waals surface area (Å²) in [6, 6.07) is 1.51. The van der Waals surface area contributed by atoms with Crippen LogP contribution in [0.25, 0.3) is 0 Å². The average molecular weight is 238 g/mol. The molecule has 0 amide bonds. The van der Waals surface area contributed by atoms with Gasteiger partial charge in [0.15, 0.2) is 0 Å². The minimum atomic E-state index is -2.78. The summed E-state index contributed by atoms with van der Waals surface area (Å²) in [4.78, 5) is 0. The lowest BCUT2D eigenvalue weighted by atomic mass is 9.98. The maximum atomic E-state index is 12.2. The molecule has 2 unspecified atom stereocenters. The molecule has 0 rings (SSSR count). The lowest BCUT2D eigenvalue weighted by Gasteiger charge is -2.28. The number of alkyl halides is 2. The van der Waals surface area contributed by atoms with Gasteiger partial charge in [-0.05, 0) is 17.5 Å². The highest BCUT2D eigenvalue weighted by molar-refractivity contribution is 7.81. The lowest BCUT2D eigenvalue weighted by Crippen LogP contribution is -2.35. The minimum Gasteiger partial charge on any atom is -0.771 e. The highest BCUT2D eigenvalue weighted by Gasteiger charge is 2.34. The van der Waals surface area contributed by atoms with Crippen LogP contribution in [0.5, 0.6) is 0 Å². The number of unbranched alkanes of at least 4 members (excludes halogenated alkanes) is 2. The molecule has 0 heterocycles. The highest BCUT2D eigenvalue weighted by Crippen LogP contribution is 2.27. The standard InChI is InChI=1S/C9H15F2NO2S/c1-2-3-4-5-9(7-12,15(13)14)6-8(10)11/h8H,2-6H2,1H3,(H,13,14)/p-1. The van der Waals surface area contributed by atoms with E-state index in [9.17, 15) is 17.5 Å². The fourth-order valence-corrected chi connectivity index (χ4v) is 1.95. The Bertz CT molecular complexity index is 255. The Morgan fingerprint density at radius 1 is 1.53 bits per heavy atom. The molecular weight excluding hydrogens is 224 g/mol. The molecule has 0 aromatic heterocycles. The van der Waals surface area contributed by atoms with Gasteiger partial charge in [-0.3, -0.25) is 4.21 Å². The van der Waals surface area contributed by atoms with Crippen molar-refractivity contribution in [3.63, 3.8) is 0 Å². The first-order valence-corrected chi connectivity index (χ1v) is 5.84. The Morgan fingerprint density at radius 2 is 2.13 bits per heavy atom. The van der Waals surface area contributed by atoms with Gasteiger partial charge in [-0.1, -0.05) is 26.2 Å². The largest absolute Gasteiger partial charge is 0.771 e. The van der Waals surface area contributed by atoms with Gasteiger partial charge in [-0.2, -0.15) is 5.26 Å². The molecule has 0 aromatic rings. The molecule has 0 radical (unpaired) electrons. The molecule has 3 nitrogen and oxygen atoms in total. The topological polar surface area (TPSA) is 63.9 Å². The monoisotopic (exact) mass is 238 g/mol. The van der Waals surface area contributed by atoms with Crippen molar-refractivity contribution in [1.29, 1.82) is 5.26 Å². The molecule has 0 spiro atoms. The number of nitriles is 1. The first-order chi connectivity index (χ1) is 6.98. The zero-order valence-electron chi connectivity index (χ0n) is 8.54. The summed E-state index contributed by atoms with van der Waals surface area (Å²) in [6.45, 7) is 1.91. The zero-order valence-corrected chi connectivity index (χ0v) is 9.36. The molecule has 88 valence electrons. The first-order valence-electron chi connectivity index (χ1n) is 4.77. The van der Waals surface area contributed by atoms with E-state index in [1.165, 1.54) is 6.07 Å². The van der Waals surface area contributed by atoms with Crippen molar-refractivity contribution in [2.24, 2.45) is 0 Å². The van der Waals surface area contributed by atoms with Gasteiger partial charge < -0.3 is 4.55 Å². The van der Waals surface area contributed by atoms with E-state index in [0.717, 1.165) is 12.8 Å². The molecular formula is C9H14F2NO2S-. The molecule has 0 fully saturated rings. The Kier molecular flexibility index (Phi) is 6.61. The molecule has 0 saturated heterocycles. The van der Waals surface area contributed by atoms with Crippen molar-refractivity contribution in [2.45, 2.75) is 50.2 Å². The Labute approximate surface area is 90.8 Å². The maximum Gasteiger partial charge on any atom is 0.241 e. The van der Waals surface area contributed by atoms with Crippen LogP contribution in [0.3, 0.4) is 0 Å². The lowest BCUT2D eigenvalue weighted by molar-refractivity contribution is 0.126. The predicted octanol–water partition coefficient (Wildman–Crippen LogP) is 2.36. The van der Waals surface area contributed by atoms with E-state index in [1.54, 1.807) is 0 Å². The number of halogens is 2. The second-order valence-electron chi connectivity index (χ2n) is 3.39. The van der Waals surface area contributed by atoms with Gasteiger partial charge >= 0.3 is 0 Å². The van der Waals surface area contributed by atoms with E-state index >= 15 is 0 Å². The molecule has 0 aliphatic carbocycles. The van der Waals surface area contributed by atoms with Crippen LogP contribution in [0.15, 0.2) is 0 Å². The van der Waals surface area contributed by atoms with E-state index in [2.05, 4.69) is 0 Å². The zero-order chi connectivity index (χ0) is 11.9. The molecule has 6 heteroatoms. The Balaban J connectivity index is 4.53. The molecule has 0 N–H and O–H groups in total. The Hall–Kier alpha value is -0.540. The summed E-state index contributed by atoms with van der Waals surface area (Å²) < 4.78 is 44.1. The molecule has 0 aromatic carbocycles. The van der Waals surface area contributed by atoms with Gasteiger partial charge in [-0.25, -0.2) is 8.78 Å². The second-order valence-corrected chi connectivity index (χ2v) is 4.64. The summed E-state index contributed by atoms with van der Waals surface area (Å²) in [7, 11) is 0. The van der Waals surface area contributed by atoms with Crippen LogP contribution < -0.4 is 0 Å². The van der Waals surface area contributed by atoms with E-state index in [1.807, 2.05) is 6.92 Å². The van der Waals surface area contributed by atoms with Crippen molar-refractivity contribution in [3.05, 3.63) is 0 Å². The normalized spacial score (nSPS) is 17.1. The summed E-state index contributed by atoms with van der Waals surface area (Å²) in [5, 5.41) is 8.72. The summed E-state index contributed by atoms with van der Waals surface area (Å²) in [5.41, 5.74) is 0. The quantitative estimate of drug-likeness (QED) is 0.505. The third-order valence-corrected chi connectivity index (χ3v) is 3.29. The molecule has 15 heavy (non-hydrogen) atoms. The van der Waals surface area contributed by atoms with Gasteiger partial charge in [0.2, 0.25) is 6.43 Å². The van der Waals surface area contributed by atoms with Crippen molar-refractivity contribution < 1.29 is 17.5 Å². The van der Waals surface area contributed by atoms with Gasteiger partial charge in [0, 0.05) is 6.42 Å². The van der Waals surface area contributed by atoms with Crippen molar-refractivity contribution in [2.75, 3.05) is 0 Å². The van der Waals surface area contributed by atoms with Crippen LogP contribution in [0.4, 0.5) is 8.78 Å². The van der Waals surface area contributed by atoms with Crippen molar-refractivity contribution in [3.8, 4) is 6.07 Å². The third kappa shape index (κ3) is 4.67. The van der Waals surface area contributed by atoms with Gasteiger partial charge in [0.1, 0.15) is 4.75 Å². The summed E-state index contributed by atoms with van der Waals surface area (Å²) in [5.74, 6) is 0. The van der Waals surface area contributed by atoms with E-state index in [-0.39, 0.29) is 6.42 Å². The molecule has 0 saturated carbocycles.